The lowest BCUT2D eigenvalue weighted by Crippen LogP contribution is -2.20. The van der Waals surface area contributed by atoms with Gasteiger partial charge in [-0.05, 0) is 51.0 Å². The van der Waals surface area contributed by atoms with Crippen molar-refractivity contribution in [3.8, 4) is 28.3 Å². The normalized spacial score (nSPS) is 14.8. The number of aryl methyl sites for hydroxylation is 2. The van der Waals surface area contributed by atoms with Crippen LogP contribution in [0, 0.1) is 13.8 Å². The molecule has 0 spiro atoms. The number of methoxy groups -OCH3 is 1. The third-order valence-corrected chi connectivity index (χ3v) is 7.05. The number of alkyl halides is 3. The van der Waals surface area contributed by atoms with Crippen LogP contribution in [0.2, 0.25) is 0 Å². The van der Waals surface area contributed by atoms with E-state index < -0.39 is 6.36 Å². The highest BCUT2D eigenvalue weighted by molar-refractivity contribution is 6.06. The van der Waals surface area contributed by atoms with Gasteiger partial charge in [0, 0.05) is 30.1 Å². The van der Waals surface area contributed by atoms with Crippen molar-refractivity contribution in [1.82, 2.24) is 19.7 Å². The van der Waals surface area contributed by atoms with Crippen LogP contribution in [-0.2, 0) is 4.74 Å². The number of benzene rings is 2. The zero-order chi connectivity index (χ0) is 27.3. The molecule has 6 rings (SSSR count). The molecule has 8 nitrogen and oxygen atoms in total. The van der Waals surface area contributed by atoms with Crippen LogP contribution in [0.1, 0.15) is 36.0 Å². The van der Waals surface area contributed by atoms with E-state index in [1.54, 1.807) is 30.0 Å². The van der Waals surface area contributed by atoms with Crippen molar-refractivity contribution < 1.29 is 31.9 Å². The van der Waals surface area contributed by atoms with Crippen LogP contribution in [0.25, 0.3) is 38.8 Å². The first-order chi connectivity index (χ1) is 18.7. The van der Waals surface area contributed by atoms with E-state index in [2.05, 4.69) is 14.9 Å². The topological polar surface area (TPSA) is 84.4 Å². The second-order valence-electron chi connectivity index (χ2n) is 9.47. The number of nitrogens with zero attached hydrogens (tertiary/aromatic N) is 4. The number of rotatable bonds is 5. The summed E-state index contributed by atoms with van der Waals surface area (Å²) in [5.41, 5.74) is 4.28. The number of aromatic nitrogens is 4. The van der Waals surface area contributed by atoms with E-state index in [0.29, 0.717) is 71.0 Å². The quantitative estimate of drug-likeness (QED) is 0.248. The Hall–Kier alpha value is -4.12. The van der Waals surface area contributed by atoms with Gasteiger partial charge in [-0.2, -0.15) is 0 Å². The standard InChI is InChI=1S/C28H25F3N4O4/c1-15-25(16(2)39-34-15)19-12-20-18(13-24(19)36-3)26-21(14-32-20)33-27(17-8-10-37-11-9-17)35(26)22-6-4-5-7-23(22)38-28(29,30)31/h4-7,12-14,17H,8-11H2,1-3H3. The summed E-state index contributed by atoms with van der Waals surface area (Å²) in [6, 6.07) is 9.82. The minimum absolute atomic E-state index is 0.0244. The molecule has 0 unspecified atom stereocenters. The van der Waals surface area contributed by atoms with Gasteiger partial charge in [0.05, 0.1) is 41.3 Å². The number of fused-ring (bicyclic) bond motifs is 3. The molecule has 3 aromatic heterocycles. The zero-order valence-corrected chi connectivity index (χ0v) is 21.5. The van der Waals surface area contributed by atoms with Crippen molar-refractivity contribution >= 4 is 21.9 Å². The second-order valence-corrected chi connectivity index (χ2v) is 9.47. The predicted molar refractivity (Wildman–Crippen MR) is 137 cm³/mol. The smallest absolute Gasteiger partial charge is 0.496 e. The summed E-state index contributed by atoms with van der Waals surface area (Å²) in [6.45, 7) is 4.76. The summed E-state index contributed by atoms with van der Waals surface area (Å²) >= 11 is 0. The van der Waals surface area contributed by atoms with Gasteiger partial charge >= 0.3 is 6.36 Å². The lowest BCUT2D eigenvalue weighted by atomic mass is 9.99. The number of halogens is 3. The van der Waals surface area contributed by atoms with Gasteiger partial charge in [-0.1, -0.05) is 17.3 Å². The number of ether oxygens (including phenoxy) is 3. The van der Waals surface area contributed by atoms with Crippen molar-refractivity contribution in [2.24, 2.45) is 0 Å². The van der Waals surface area contributed by atoms with Crippen LogP contribution in [-0.4, -0.2) is 46.4 Å². The molecular formula is C28H25F3N4O4. The van der Waals surface area contributed by atoms with Crippen LogP contribution < -0.4 is 9.47 Å². The molecule has 0 atom stereocenters. The van der Waals surface area contributed by atoms with Crippen molar-refractivity contribution in [1.29, 1.82) is 0 Å². The minimum atomic E-state index is -4.86. The van der Waals surface area contributed by atoms with E-state index in [0.717, 1.165) is 11.1 Å². The van der Waals surface area contributed by atoms with Gasteiger partial charge < -0.3 is 18.7 Å². The van der Waals surface area contributed by atoms with E-state index >= 15 is 0 Å². The lowest BCUT2D eigenvalue weighted by Gasteiger charge is -2.24. The summed E-state index contributed by atoms with van der Waals surface area (Å²) in [4.78, 5) is 9.57. The highest BCUT2D eigenvalue weighted by Gasteiger charge is 2.34. The molecular weight excluding hydrogens is 513 g/mol. The van der Waals surface area contributed by atoms with Crippen molar-refractivity contribution in [2.75, 3.05) is 20.3 Å². The fourth-order valence-corrected chi connectivity index (χ4v) is 5.36. The minimum Gasteiger partial charge on any atom is -0.496 e. The van der Waals surface area contributed by atoms with Gasteiger partial charge in [-0.25, -0.2) is 4.98 Å². The van der Waals surface area contributed by atoms with Gasteiger partial charge in [0.1, 0.15) is 22.9 Å². The molecule has 0 aliphatic carbocycles. The van der Waals surface area contributed by atoms with Gasteiger partial charge in [0.25, 0.3) is 0 Å². The number of pyridine rings is 1. The maximum absolute atomic E-state index is 13.4. The highest BCUT2D eigenvalue weighted by Crippen LogP contribution is 2.42. The number of para-hydroxylation sites is 2. The fourth-order valence-electron chi connectivity index (χ4n) is 5.36. The Balaban J connectivity index is 1.67. The molecule has 4 heterocycles. The summed E-state index contributed by atoms with van der Waals surface area (Å²) in [5.74, 6) is 1.47. The van der Waals surface area contributed by atoms with E-state index in [9.17, 15) is 13.2 Å². The first-order valence-corrected chi connectivity index (χ1v) is 12.5. The zero-order valence-electron chi connectivity index (χ0n) is 21.5. The molecule has 0 bridgehead atoms. The molecule has 0 amide bonds. The monoisotopic (exact) mass is 538 g/mol. The Bertz CT molecular complexity index is 1670. The summed E-state index contributed by atoms with van der Waals surface area (Å²) in [5, 5.41) is 4.74. The molecule has 39 heavy (non-hydrogen) atoms. The molecule has 5 aromatic rings. The van der Waals surface area contributed by atoms with Crippen molar-refractivity contribution in [2.45, 2.75) is 39.0 Å². The largest absolute Gasteiger partial charge is 0.573 e. The number of hydrogen-bond donors (Lipinski definition) is 0. The van der Waals surface area contributed by atoms with Crippen LogP contribution in [0.5, 0.6) is 11.5 Å². The molecule has 2 aromatic carbocycles. The lowest BCUT2D eigenvalue weighted by molar-refractivity contribution is -0.274. The van der Waals surface area contributed by atoms with Gasteiger partial charge in [0.2, 0.25) is 0 Å². The highest BCUT2D eigenvalue weighted by atomic mass is 19.4. The van der Waals surface area contributed by atoms with Crippen LogP contribution in [0.15, 0.2) is 47.1 Å². The van der Waals surface area contributed by atoms with Crippen LogP contribution in [0.3, 0.4) is 0 Å². The Kier molecular flexibility index (Phi) is 6.17. The third-order valence-electron chi connectivity index (χ3n) is 7.05. The van der Waals surface area contributed by atoms with Gasteiger partial charge in [0.15, 0.2) is 5.75 Å². The maximum atomic E-state index is 13.4. The first-order valence-electron chi connectivity index (χ1n) is 12.5. The number of hydrogen-bond acceptors (Lipinski definition) is 7. The molecule has 202 valence electrons. The second kappa shape index (κ2) is 9.57. The predicted octanol–water partition coefficient (Wildman–Crippen LogP) is 6.65. The third kappa shape index (κ3) is 4.46. The molecule has 1 saturated heterocycles. The Labute approximate surface area is 221 Å². The van der Waals surface area contributed by atoms with Crippen molar-refractivity contribution in [3.05, 3.63) is 59.9 Å². The SMILES string of the molecule is COc1cc2c(cc1-c1c(C)noc1C)ncc1nc(C3CCOCC3)n(-c3ccccc3OC(F)(F)F)c12. The summed E-state index contributed by atoms with van der Waals surface area (Å²) in [6.07, 6.45) is -1.83. The average Bonchev–Trinajstić information content (AvgIpc) is 3.47. The summed E-state index contributed by atoms with van der Waals surface area (Å²) < 4.78 is 63.2. The molecule has 0 saturated carbocycles. The van der Waals surface area contributed by atoms with E-state index in [4.69, 9.17) is 19.0 Å². The van der Waals surface area contributed by atoms with E-state index in [1.165, 1.54) is 12.1 Å². The van der Waals surface area contributed by atoms with E-state index in [-0.39, 0.29) is 17.4 Å². The van der Waals surface area contributed by atoms with Crippen LogP contribution in [0.4, 0.5) is 13.2 Å². The fraction of sp³-hybridized carbons (Fsp3) is 0.321. The number of imidazole rings is 1. The van der Waals surface area contributed by atoms with Gasteiger partial charge in [-0.3, -0.25) is 9.55 Å². The Morgan fingerprint density at radius 2 is 1.79 bits per heavy atom. The molecule has 11 heteroatoms. The molecule has 1 aliphatic heterocycles. The van der Waals surface area contributed by atoms with E-state index in [1.807, 2.05) is 26.0 Å². The molecule has 1 fully saturated rings. The Morgan fingerprint density at radius 1 is 1.03 bits per heavy atom. The molecule has 0 N–H and O–H groups in total. The maximum Gasteiger partial charge on any atom is 0.573 e. The molecule has 0 radical (unpaired) electrons. The van der Waals surface area contributed by atoms with Gasteiger partial charge in [-0.15, -0.1) is 13.2 Å². The average molecular weight is 539 g/mol. The first kappa shape index (κ1) is 25.2. The van der Waals surface area contributed by atoms with Crippen LogP contribution >= 0.6 is 0 Å². The van der Waals surface area contributed by atoms with Crippen molar-refractivity contribution in [3.63, 3.8) is 0 Å². The Morgan fingerprint density at radius 3 is 2.49 bits per heavy atom. The molecule has 1 aliphatic rings. The summed E-state index contributed by atoms with van der Waals surface area (Å²) in [7, 11) is 1.56.